The molecular weight excluding hydrogens is 312 g/mol. The third kappa shape index (κ3) is 6.54. The van der Waals surface area contributed by atoms with Gasteiger partial charge in [0.1, 0.15) is 5.78 Å². The Bertz CT molecular complexity index is 649. The van der Waals surface area contributed by atoms with Crippen LogP contribution in [0.1, 0.15) is 49.1 Å². The molecule has 0 saturated carbocycles. The van der Waals surface area contributed by atoms with Gasteiger partial charge in [-0.1, -0.05) is 60.7 Å². The molecule has 0 N–H and O–H groups in total. The van der Waals surface area contributed by atoms with E-state index in [1.165, 1.54) is 12.7 Å². The summed E-state index contributed by atoms with van der Waals surface area (Å²) in [7, 11) is 1.39. The third-order valence-corrected chi connectivity index (χ3v) is 4.44. The van der Waals surface area contributed by atoms with Crippen molar-refractivity contribution >= 4 is 11.8 Å². The fourth-order valence-electron chi connectivity index (χ4n) is 3.00. The number of ketones is 1. The zero-order valence-corrected chi connectivity index (χ0v) is 14.8. The van der Waals surface area contributed by atoms with E-state index in [2.05, 4.69) is 16.9 Å². The minimum Gasteiger partial charge on any atom is -0.469 e. The summed E-state index contributed by atoms with van der Waals surface area (Å²) in [5.41, 5.74) is 2.33. The van der Waals surface area contributed by atoms with Gasteiger partial charge in [-0.3, -0.25) is 9.59 Å². The fourth-order valence-corrected chi connectivity index (χ4v) is 3.00. The van der Waals surface area contributed by atoms with Gasteiger partial charge in [0.2, 0.25) is 0 Å². The second-order valence-corrected chi connectivity index (χ2v) is 6.24. The number of esters is 1. The Balaban J connectivity index is 1.94. The monoisotopic (exact) mass is 338 g/mol. The first-order chi connectivity index (χ1) is 12.2. The van der Waals surface area contributed by atoms with Crippen molar-refractivity contribution < 1.29 is 14.3 Å². The van der Waals surface area contributed by atoms with Gasteiger partial charge in [0, 0.05) is 18.8 Å². The van der Waals surface area contributed by atoms with Crippen LogP contribution in [0, 0.1) is 0 Å². The van der Waals surface area contributed by atoms with E-state index >= 15 is 0 Å². The maximum absolute atomic E-state index is 12.8. The fraction of sp³-hybridized carbons (Fsp3) is 0.364. The highest BCUT2D eigenvalue weighted by Crippen LogP contribution is 2.25. The van der Waals surface area contributed by atoms with Crippen molar-refractivity contribution in [1.82, 2.24) is 0 Å². The highest BCUT2D eigenvalue weighted by molar-refractivity contribution is 5.85. The lowest BCUT2D eigenvalue weighted by Gasteiger charge is -2.16. The molecule has 0 aliphatic rings. The quantitative estimate of drug-likeness (QED) is 0.465. The van der Waals surface area contributed by atoms with E-state index in [-0.39, 0.29) is 17.7 Å². The molecule has 0 radical (unpaired) electrons. The molecule has 3 nitrogen and oxygen atoms in total. The van der Waals surface area contributed by atoms with E-state index in [1.54, 1.807) is 0 Å². The second kappa shape index (κ2) is 10.4. The predicted molar refractivity (Wildman–Crippen MR) is 99.4 cm³/mol. The summed E-state index contributed by atoms with van der Waals surface area (Å²) >= 11 is 0. The van der Waals surface area contributed by atoms with Gasteiger partial charge in [-0.15, -0.1) is 0 Å². The Morgan fingerprint density at radius 3 is 2.12 bits per heavy atom. The van der Waals surface area contributed by atoms with Crippen molar-refractivity contribution in [2.24, 2.45) is 0 Å². The molecule has 0 amide bonds. The maximum atomic E-state index is 12.8. The average Bonchev–Trinajstić information content (AvgIpc) is 2.67. The Labute approximate surface area is 150 Å². The highest BCUT2D eigenvalue weighted by Gasteiger charge is 2.20. The summed E-state index contributed by atoms with van der Waals surface area (Å²) in [5.74, 6) is -0.0392. The van der Waals surface area contributed by atoms with E-state index in [0.717, 1.165) is 24.8 Å². The van der Waals surface area contributed by atoms with Crippen molar-refractivity contribution in [1.29, 1.82) is 0 Å². The number of ether oxygens (including phenoxy) is 1. The zero-order chi connectivity index (χ0) is 17.9. The van der Waals surface area contributed by atoms with Crippen LogP contribution in [-0.4, -0.2) is 18.9 Å². The molecule has 0 heterocycles. The normalized spacial score (nSPS) is 11.7. The zero-order valence-electron chi connectivity index (χ0n) is 14.8. The van der Waals surface area contributed by atoms with Crippen molar-refractivity contribution in [3.8, 4) is 0 Å². The van der Waals surface area contributed by atoms with Crippen LogP contribution in [0.3, 0.4) is 0 Å². The van der Waals surface area contributed by atoms with Gasteiger partial charge in [-0.2, -0.15) is 0 Å². The SMILES string of the molecule is COC(=O)CCCCC(=O)[C@@H](CCc1ccccc1)c1ccccc1. The first kappa shape index (κ1) is 18.9. The largest absolute Gasteiger partial charge is 0.469 e. The van der Waals surface area contributed by atoms with Crippen LogP contribution in [-0.2, 0) is 20.7 Å². The topological polar surface area (TPSA) is 43.4 Å². The van der Waals surface area contributed by atoms with Crippen LogP contribution in [0.5, 0.6) is 0 Å². The number of aryl methyl sites for hydroxylation is 1. The van der Waals surface area contributed by atoms with Gasteiger partial charge >= 0.3 is 5.97 Å². The molecule has 25 heavy (non-hydrogen) atoms. The van der Waals surface area contributed by atoms with Crippen LogP contribution >= 0.6 is 0 Å². The number of carbonyl (C=O) groups is 2. The molecule has 0 saturated heterocycles. The number of methoxy groups -OCH3 is 1. The minimum atomic E-state index is -0.212. The Morgan fingerprint density at radius 2 is 1.48 bits per heavy atom. The van der Waals surface area contributed by atoms with Crippen LogP contribution in [0.4, 0.5) is 0 Å². The number of hydrogen-bond acceptors (Lipinski definition) is 3. The Kier molecular flexibility index (Phi) is 7.90. The summed E-state index contributed by atoms with van der Waals surface area (Å²) in [5, 5.41) is 0. The van der Waals surface area contributed by atoms with E-state index in [9.17, 15) is 9.59 Å². The lowest BCUT2D eigenvalue weighted by Crippen LogP contribution is -2.14. The molecule has 0 aliphatic carbocycles. The molecule has 0 unspecified atom stereocenters. The highest BCUT2D eigenvalue weighted by atomic mass is 16.5. The van der Waals surface area contributed by atoms with Crippen molar-refractivity contribution in [2.75, 3.05) is 7.11 Å². The number of benzene rings is 2. The number of Topliss-reactive ketones (excluding diaryl/α,β-unsaturated/α-hetero) is 1. The Hall–Kier alpha value is -2.42. The summed E-state index contributed by atoms with van der Waals surface area (Å²) < 4.78 is 4.64. The first-order valence-electron chi connectivity index (χ1n) is 8.89. The predicted octanol–water partition coefficient (Wildman–Crippen LogP) is 4.71. The summed E-state index contributed by atoms with van der Waals surface area (Å²) in [6.07, 6.45) is 3.99. The molecular formula is C22H26O3. The van der Waals surface area contributed by atoms with Crippen LogP contribution in [0.15, 0.2) is 60.7 Å². The Morgan fingerprint density at radius 1 is 0.880 bits per heavy atom. The van der Waals surface area contributed by atoms with Crippen LogP contribution in [0.25, 0.3) is 0 Å². The van der Waals surface area contributed by atoms with Crippen LogP contribution in [0.2, 0.25) is 0 Å². The molecule has 0 bridgehead atoms. The van der Waals surface area contributed by atoms with Gasteiger partial charge in [0.25, 0.3) is 0 Å². The maximum Gasteiger partial charge on any atom is 0.305 e. The minimum absolute atomic E-state index is 0.0838. The van der Waals surface area contributed by atoms with Crippen molar-refractivity contribution in [2.45, 2.75) is 44.4 Å². The van der Waals surface area contributed by atoms with Crippen LogP contribution < -0.4 is 0 Å². The molecule has 1 atom stereocenters. The summed E-state index contributed by atoms with van der Waals surface area (Å²) in [6, 6.07) is 20.3. The molecule has 0 fully saturated rings. The molecule has 0 aromatic heterocycles. The van der Waals surface area contributed by atoms with Gasteiger partial charge in [-0.05, 0) is 36.8 Å². The second-order valence-electron chi connectivity index (χ2n) is 6.24. The molecule has 2 rings (SSSR count). The van der Waals surface area contributed by atoms with Gasteiger partial charge in [-0.25, -0.2) is 0 Å². The molecule has 0 spiro atoms. The average molecular weight is 338 g/mol. The number of rotatable bonds is 10. The van der Waals surface area contributed by atoms with E-state index in [4.69, 9.17) is 0 Å². The number of carbonyl (C=O) groups excluding carboxylic acids is 2. The van der Waals surface area contributed by atoms with Gasteiger partial charge in [0.15, 0.2) is 0 Å². The number of unbranched alkanes of at least 4 members (excludes halogenated alkanes) is 1. The lowest BCUT2D eigenvalue weighted by atomic mass is 9.87. The smallest absolute Gasteiger partial charge is 0.305 e. The standard InChI is InChI=1S/C22H26O3/c1-25-22(24)15-9-8-14-21(23)20(19-12-6-3-7-13-19)17-16-18-10-4-2-5-11-18/h2-7,10-13,20H,8-9,14-17H2,1H3/t20-/m0/s1. The molecule has 2 aromatic carbocycles. The summed E-state index contributed by atoms with van der Waals surface area (Å²) in [6.45, 7) is 0. The van der Waals surface area contributed by atoms with Gasteiger partial charge < -0.3 is 4.74 Å². The van der Waals surface area contributed by atoms with Gasteiger partial charge in [0.05, 0.1) is 7.11 Å². The third-order valence-electron chi connectivity index (χ3n) is 4.44. The first-order valence-corrected chi connectivity index (χ1v) is 8.89. The molecule has 3 heteroatoms. The van der Waals surface area contributed by atoms with E-state index in [0.29, 0.717) is 19.3 Å². The van der Waals surface area contributed by atoms with E-state index in [1.807, 2.05) is 48.5 Å². The lowest BCUT2D eigenvalue weighted by molar-refractivity contribution is -0.140. The summed E-state index contributed by atoms with van der Waals surface area (Å²) in [4.78, 5) is 23.9. The van der Waals surface area contributed by atoms with Crippen molar-refractivity contribution in [3.63, 3.8) is 0 Å². The number of hydrogen-bond donors (Lipinski definition) is 0. The molecule has 0 aliphatic heterocycles. The molecule has 132 valence electrons. The van der Waals surface area contributed by atoms with Crippen molar-refractivity contribution in [3.05, 3.63) is 71.8 Å². The van der Waals surface area contributed by atoms with E-state index < -0.39 is 0 Å². The molecule has 2 aromatic rings.